The molecule has 0 radical (unpaired) electrons. The topological polar surface area (TPSA) is 55.4 Å². The van der Waals surface area contributed by atoms with Crippen molar-refractivity contribution >= 4 is 21.6 Å². The predicted octanol–water partition coefficient (Wildman–Crippen LogP) is 1.60. The first-order chi connectivity index (χ1) is 7.98. The Balaban J connectivity index is 2.39. The van der Waals surface area contributed by atoms with Gasteiger partial charge in [-0.25, -0.2) is 13.1 Å². The molecule has 6 heteroatoms. The van der Waals surface area contributed by atoms with E-state index >= 15 is 0 Å². The zero-order valence-electron chi connectivity index (χ0n) is 10.5. The Morgan fingerprint density at radius 2 is 2.24 bits per heavy atom. The summed E-state index contributed by atoms with van der Waals surface area (Å²) < 4.78 is 31.7. The lowest BCUT2D eigenvalue weighted by molar-refractivity contribution is 0.0884. The molecule has 0 spiro atoms. The number of halogens is 1. The number of nitrogens with one attached hydrogen (secondary N) is 1. The molecule has 0 aliphatic carbocycles. The average Bonchev–Trinajstić information content (AvgIpc) is 2.73. The largest absolute Gasteiger partial charge is 0.378 e. The summed E-state index contributed by atoms with van der Waals surface area (Å²) in [5.74, 6) is 0.753. The van der Waals surface area contributed by atoms with E-state index in [2.05, 4.69) is 11.6 Å². The summed E-state index contributed by atoms with van der Waals surface area (Å²) in [6.07, 6.45) is 2.07. The van der Waals surface area contributed by atoms with Crippen LogP contribution in [0, 0.1) is 11.8 Å². The molecule has 3 atom stereocenters. The third-order valence-electron chi connectivity index (χ3n) is 3.08. The maximum atomic E-state index is 11.7. The van der Waals surface area contributed by atoms with Gasteiger partial charge in [0, 0.05) is 24.9 Å². The minimum absolute atomic E-state index is 0.0176. The molecule has 1 saturated heterocycles. The van der Waals surface area contributed by atoms with E-state index in [-0.39, 0.29) is 17.8 Å². The Hall–Kier alpha value is 0.160. The van der Waals surface area contributed by atoms with E-state index in [9.17, 15) is 8.42 Å². The van der Waals surface area contributed by atoms with Gasteiger partial charge in [-0.1, -0.05) is 13.8 Å². The summed E-state index contributed by atoms with van der Waals surface area (Å²) in [6, 6.07) is 0. The first-order valence-electron chi connectivity index (χ1n) is 6.13. The van der Waals surface area contributed by atoms with Crippen molar-refractivity contribution < 1.29 is 13.2 Å². The first-order valence-corrected chi connectivity index (χ1v) is 8.32. The second-order valence-corrected chi connectivity index (χ2v) is 6.92. The molecular weight excluding hydrogens is 262 g/mol. The van der Waals surface area contributed by atoms with Gasteiger partial charge in [-0.15, -0.1) is 11.6 Å². The molecule has 0 saturated carbocycles. The first kappa shape index (κ1) is 15.2. The van der Waals surface area contributed by atoms with E-state index in [1.165, 1.54) is 0 Å². The molecule has 0 aromatic heterocycles. The number of sulfonamides is 1. The number of ether oxygens (including phenoxy) is 1. The zero-order chi connectivity index (χ0) is 12.9. The van der Waals surface area contributed by atoms with Crippen LogP contribution in [0.4, 0.5) is 0 Å². The highest BCUT2D eigenvalue weighted by atomic mass is 35.5. The molecule has 1 aliphatic rings. The molecule has 1 N–H and O–H groups in total. The lowest BCUT2D eigenvalue weighted by atomic mass is 10.0. The molecule has 1 rings (SSSR count). The smallest absolute Gasteiger partial charge is 0.211 e. The Morgan fingerprint density at radius 3 is 2.82 bits per heavy atom. The highest BCUT2D eigenvalue weighted by Gasteiger charge is 2.28. The highest BCUT2D eigenvalue weighted by Crippen LogP contribution is 2.22. The van der Waals surface area contributed by atoms with Crippen molar-refractivity contribution in [3.63, 3.8) is 0 Å². The maximum absolute atomic E-state index is 11.7. The van der Waals surface area contributed by atoms with Crippen molar-refractivity contribution in [2.45, 2.75) is 32.8 Å². The molecule has 0 aromatic rings. The molecule has 4 nitrogen and oxygen atoms in total. The summed E-state index contributed by atoms with van der Waals surface area (Å²) in [6.45, 7) is 5.12. The Bertz CT molecular complexity index is 321. The summed E-state index contributed by atoms with van der Waals surface area (Å²) in [4.78, 5) is 0. The number of hydrogen-bond donors (Lipinski definition) is 1. The minimum atomic E-state index is -3.20. The van der Waals surface area contributed by atoms with Crippen LogP contribution < -0.4 is 4.72 Å². The molecule has 1 fully saturated rings. The van der Waals surface area contributed by atoms with E-state index in [0.29, 0.717) is 18.3 Å². The molecule has 0 amide bonds. The number of alkyl halides is 1. The third-order valence-corrected chi connectivity index (χ3v) is 5.22. The molecule has 0 bridgehead atoms. The van der Waals surface area contributed by atoms with Crippen LogP contribution in [0.25, 0.3) is 0 Å². The van der Waals surface area contributed by atoms with Crippen LogP contribution in [-0.2, 0) is 14.8 Å². The summed E-state index contributed by atoms with van der Waals surface area (Å²) in [7, 11) is -3.20. The molecule has 1 aliphatic heterocycles. The lowest BCUT2D eigenvalue weighted by Gasteiger charge is -2.18. The summed E-state index contributed by atoms with van der Waals surface area (Å²) in [5.41, 5.74) is 0. The van der Waals surface area contributed by atoms with Crippen LogP contribution in [0.1, 0.15) is 26.7 Å². The van der Waals surface area contributed by atoms with Gasteiger partial charge in [0.2, 0.25) is 10.0 Å². The second-order valence-electron chi connectivity index (χ2n) is 4.76. The quantitative estimate of drug-likeness (QED) is 0.722. The van der Waals surface area contributed by atoms with Crippen molar-refractivity contribution in [1.29, 1.82) is 0 Å². The normalized spacial score (nSPS) is 27.2. The number of hydrogen-bond acceptors (Lipinski definition) is 3. The SMILES string of the molecule is CCC1OCCC1CNS(=O)(=O)CC(C)CCl. The van der Waals surface area contributed by atoms with Gasteiger partial charge in [0.05, 0.1) is 11.9 Å². The number of rotatable bonds is 7. The van der Waals surface area contributed by atoms with E-state index < -0.39 is 10.0 Å². The Kier molecular flexibility index (Phi) is 6.20. The van der Waals surface area contributed by atoms with E-state index in [0.717, 1.165) is 19.4 Å². The van der Waals surface area contributed by atoms with E-state index in [1.807, 2.05) is 6.92 Å². The highest BCUT2D eigenvalue weighted by molar-refractivity contribution is 7.89. The molecule has 1 heterocycles. The van der Waals surface area contributed by atoms with Crippen molar-refractivity contribution in [3.05, 3.63) is 0 Å². The third kappa shape index (κ3) is 5.12. The van der Waals surface area contributed by atoms with Crippen LogP contribution in [0.5, 0.6) is 0 Å². The van der Waals surface area contributed by atoms with Crippen LogP contribution in [0.3, 0.4) is 0 Å². The fraction of sp³-hybridized carbons (Fsp3) is 1.00. The van der Waals surface area contributed by atoms with Gasteiger partial charge in [-0.2, -0.15) is 0 Å². The molecule has 3 unspecified atom stereocenters. The van der Waals surface area contributed by atoms with Gasteiger partial charge in [0.15, 0.2) is 0 Å². The monoisotopic (exact) mass is 283 g/mol. The van der Waals surface area contributed by atoms with Gasteiger partial charge >= 0.3 is 0 Å². The lowest BCUT2D eigenvalue weighted by Crippen LogP contribution is -2.35. The average molecular weight is 284 g/mol. The van der Waals surface area contributed by atoms with Gasteiger partial charge in [-0.3, -0.25) is 0 Å². The summed E-state index contributed by atoms with van der Waals surface area (Å²) in [5, 5.41) is 0. The molecule has 102 valence electrons. The standard InChI is InChI=1S/C11H22ClNO3S/c1-3-11-10(4-5-16-11)7-13-17(14,15)8-9(2)6-12/h9-11,13H,3-8H2,1-2H3. The van der Waals surface area contributed by atoms with Crippen molar-refractivity contribution in [1.82, 2.24) is 4.72 Å². The van der Waals surface area contributed by atoms with Crippen molar-refractivity contribution in [2.75, 3.05) is 24.8 Å². The van der Waals surface area contributed by atoms with Crippen molar-refractivity contribution in [3.8, 4) is 0 Å². The van der Waals surface area contributed by atoms with Gasteiger partial charge < -0.3 is 4.74 Å². The van der Waals surface area contributed by atoms with Crippen molar-refractivity contribution in [2.24, 2.45) is 11.8 Å². The summed E-state index contributed by atoms with van der Waals surface area (Å²) >= 11 is 5.62. The van der Waals surface area contributed by atoms with E-state index in [4.69, 9.17) is 16.3 Å². The fourth-order valence-electron chi connectivity index (χ4n) is 2.09. The van der Waals surface area contributed by atoms with Crippen LogP contribution in [0.2, 0.25) is 0 Å². The molecular formula is C11H22ClNO3S. The van der Waals surface area contributed by atoms with Crippen LogP contribution >= 0.6 is 11.6 Å². The second kappa shape index (κ2) is 6.92. The van der Waals surface area contributed by atoms with Gasteiger partial charge in [0.25, 0.3) is 0 Å². The van der Waals surface area contributed by atoms with Gasteiger partial charge in [-0.05, 0) is 18.8 Å². The van der Waals surface area contributed by atoms with Crippen LogP contribution in [-0.4, -0.2) is 39.3 Å². The molecule has 0 aromatic carbocycles. The zero-order valence-corrected chi connectivity index (χ0v) is 12.1. The van der Waals surface area contributed by atoms with Gasteiger partial charge in [0.1, 0.15) is 0 Å². The minimum Gasteiger partial charge on any atom is -0.378 e. The predicted molar refractivity (Wildman–Crippen MR) is 69.8 cm³/mol. The Morgan fingerprint density at radius 1 is 1.53 bits per heavy atom. The van der Waals surface area contributed by atoms with Crippen LogP contribution in [0.15, 0.2) is 0 Å². The molecule has 17 heavy (non-hydrogen) atoms. The maximum Gasteiger partial charge on any atom is 0.211 e. The fourth-order valence-corrected chi connectivity index (χ4v) is 3.78. The van der Waals surface area contributed by atoms with E-state index in [1.54, 1.807) is 0 Å². The Labute approximate surface area is 109 Å².